The largest absolute Gasteiger partial charge is 0.507 e. The van der Waals surface area contributed by atoms with Crippen LogP contribution in [0.3, 0.4) is 0 Å². The number of benzene rings is 3. The topological polar surface area (TPSA) is 40.5 Å². The number of hydrogen-bond acceptors (Lipinski definition) is 2. The van der Waals surface area contributed by atoms with Crippen LogP contribution < -0.4 is 0 Å². The fourth-order valence-electron chi connectivity index (χ4n) is 2.29. The van der Waals surface area contributed by atoms with Crippen LogP contribution in [0.1, 0.15) is 0 Å². The molecule has 0 aliphatic carbocycles. The molecule has 3 aromatic rings. The minimum atomic E-state index is 0.0764. The molecule has 0 saturated carbocycles. The molecule has 19 heavy (non-hydrogen) atoms. The van der Waals surface area contributed by atoms with E-state index >= 15 is 0 Å². The Hall–Kier alpha value is -2.00. The van der Waals surface area contributed by atoms with E-state index in [9.17, 15) is 10.2 Å². The molecule has 3 aromatic carbocycles. The van der Waals surface area contributed by atoms with Gasteiger partial charge < -0.3 is 10.2 Å². The summed E-state index contributed by atoms with van der Waals surface area (Å²) in [5.41, 5.74) is 1.28. The van der Waals surface area contributed by atoms with Gasteiger partial charge in [-0.2, -0.15) is 0 Å². The van der Waals surface area contributed by atoms with Gasteiger partial charge in [0.25, 0.3) is 0 Å². The molecule has 0 saturated heterocycles. The standard InChI is InChI=1S/C16H11BrO2/c17-13-7-2-4-10-11(13)5-1-6-12(10)16-14(18)8-3-9-15(16)19/h1-9,18-19H. The molecule has 0 aromatic heterocycles. The molecule has 2 N–H and O–H groups in total. The molecule has 2 nitrogen and oxygen atoms in total. The molecule has 0 fully saturated rings. The number of phenolic OH excluding ortho intramolecular Hbond substituents is 2. The Labute approximate surface area is 119 Å². The molecule has 94 valence electrons. The average molecular weight is 315 g/mol. The van der Waals surface area contributed by atoms with E-state index in [1.807, 2.05) is 36.4 Å². The predicted molar refractivity (Wildman–Crippen MR) is 80.4 cm³/mol. The summed E-state index contributed by atoms with van der Waals surface area (Å²) in [6.45, 7) is 0. The number of phenols is 2. The smallest absolute Gasteiger partial charge is 0.127 e. The van der Waals surface area contributed by atoms with Crippen molar-refractivity contribution in [2.45, 2.75) is 0 Å². The fraction of sp³-hybridized carbons (Fsp3) is 0. The summed E-state index contributed by atoms with van der Waals surface area (Å²) in [5, 5.41) is 22.0. The van der Waals surface area contributed by atoms with Gasteiger partial charge in [0.2, 0.25) is 0 Å². The van der Waals surface area contributed by atoms with Crippen LogP contribution in [0.15, 0.2) is 59.1 Å². The third-order valence-electron chi connectivity index (χ3n) is 3.16. The maximum absolute atomic E-state index is 10.0. The maximum Gasteiger partial charge on any atom is 0.127 e. The van der Waals surface area contributed by atoms with Crippen LogP contribution in [0.5, 0.6) is 11.5 Å². The zero-order valence-electron chi connectivity index (χ0n) is 9.97. The zero-order chi connectivity index (χ0) is 13.4. The Morgan fingerprint density at radius 1 is 0.684 bits per heavy atom. The predicted octanol–water partition coefficient (Wildman–Crippen LogP) is 4.68. The summed E-state index contributed by atoms with van der Waals surface area (Å²) >= 11 is 3.52. The number of aromatic hydroxyl groups is 2. The highest BCUT2D eigenvalue weighted by molar-refractivity contribution is 9.10. The summed E-state index contributed by atoms with van der Waals surface area (Å²) in [4.78, 5) is 0. The van der Waals surface area contributed by atoms with Crippen molar-refractivity contribution in [3.05, 3.63) is 59.1 Å². The van der Waals surface area contributed by atoms with E-state index in [0.29, 0.717) is 5.56 Å². The van der Waals surface area contributed by atoms with Crippen LogP contribution in [0.4, 0.5) is 0 Å². The monoisotopic (exact) mass is 314 g/mol. The van der Waals surface area contributed by atoms with Gasteiger partial charge in [0.15, 0.2) is 0 Å². The summed E-state index contributed by atoms with van der Waals surface area (Å²) in [5.74, 6) is 0.153. The highest BCUT2D eigenvalue weighted by atomic mass is 79.9. The molecule has 0 aliphatic rings. The first kappa shape index (κ1) is 12.1. The highest BCUT2D eigenvalue weighted by Crippen LogP contribution is 2.41. The number of halogens is 1. The molecule has 0 atom stereocenters. The summed E-state index contributed by atoms with van der Waals surface area (Å²) in [6, 6.07) is 16.5. The van der Waals surface area contributed by atoms with Gasteiger partial charge in [-0.25, -0.2) is 0 Å². The number of hydrogen-bond donors (Lipinski definition) is 2. The van der Waals surface area contributed by atoms with Gasteiger partial charge in [-0.05, 0) is 34.5 Å². The van der Waals surface area contributed by atoms with E-state index in [2.05, 4.69) is 15.9 Å². The normalized spacial score (nSPS) is 10.8. The molecule has 0 amide bonds. The van der Waals surface area contributed by atoms with Crippen molar-refractivity contribution >= 4 is 26.7 Å². The lowest BCUT2D eigenvalue weighted by molar-refractivity contribution is 0.454. The molecule has 0 spiro atoms. The summed E-state index contributed by atoms with van der Waals surface area (Å²) in [7, 11) is 0. The van der Waals surface area contributed by atoms with Crippen molar-refractivity contribution in [3.8, 4) is 22.6 Å². The lowest BCUT2D eigenvalue weighted by Crippen LogP contribution is -1.84. The van der Waals surface area contributed by atoms with Crippen LogP contribution in [0.25, 0.3) is 21.9 Å². The second-order valence-corrected chi connectivity index (χ2v) is 5.17. The third kappa shape index (κ3) is 1.96. The van der Waals surface area contributed by atoms with E-state index in [1.54, 1.807) is 18.2 Å². The van der Waals surface area contributed by atoms with Crippen molar-refractivity contribution in [1.29, 1.82) is 0 Å². The van der Waals surface area contributed by atoms with Crippen molar-refractivity contribution < 1.29 is 10.2 Å². The van der Waals surface area contributed by atoms with E-state index in [4.69, 9.17) is 0 Å². The number of rotatable bonds is 1. The second kappa shape index (κ2) is 4.59. The second-order valence-electron chi connectivity index (χ2n) is 4.31. The lowest BCUT2D eigenvalue weighted by atomic mass is 9.97. The minimum absolute atomic E-state index is 0.0764. The average Bonchev–Trinajstić information content (AvgIpc) is 2.39. The Kier molecular flexibility index (Phi) is 2.91. The molecule has 0 aliphatic heterocycles. The van der Waals surface area contributed by atoms with Gasteiger partial charge >= 0.3 is 0 Å². The van der Waals surface area contributed by atoms with Crippen molar-refractivity contribution in [2.24, 2.45) is 0 Å². The molecule has 0 radical (unpaired) electrons. The van der Waals surface area contributed by atoms with E-state index in [1.165, 1.54) is 0 Å². The quantitative estimate of drug-likeness (QED) is 0.684. The SMILES string of the molecule is Oc1cccc(O)c1-c1cccc2c(Br)cccc12. The zero-order valence-corrected chi connectivity index (χ0v) is 11.6. The molecule has 3 rings (SSSR count). The lowest BCUT2D eigenvalue weighted by Gasteiger charge is -2.11. The summed E-state index contributed by atoms with van der Waals surface area (Å²) < 4.78 is 0.988. The van der Waals surface area contributed by atoms with Crippen molar-refractivity contribution in [2.75, 3.05) is 0 Å². The molecular formula is C16H11BrO2. The van der Waals surface area contributed by atoms with Gasteiger partial charge in [0.05, 0.1) is 5.56 Å². The Balaban J connectivity index is 2.41. The molecule has 0 heterocycles. The first-order valence-corrected chi connectivity index (χ1v) is 6.66. The molecule has 0 unspecified atom stereocenters. The summed E-state index contributed by atoms with van der Waals surface area (Å²) in [6.07, 6.45) is 0. The van der Waals surface area contributed by atoms with Crippen LogP contribution in [-0.4, -0.2) is 10.2 Å². The van der Waals surface area contributed by atoms with Crippen molar-refractivity contribution in [1.82, 2.24) is 0 Å². The van der Waals surface area contributed by atoms with E-state index < -0.39 is 0 Å². The van der Waals surface area contributed by atoms with Crippen LogP contribution >= 0.6 is 15.9 Å². The van der Waals surface area contributed by atoms with Crippen LogP contribution in [0.2, 0.25) is 0 Å². The van der Waals surface area contributed by atoms with E-state index in [0.717, 1.165) is 20.8 Å². The highest BCUT2D eigenvalue weighted by Gasteiger charge is 2.13. The molecule has 0 bridgehead atoms. The molecular weight excluding hydrogens is 304 g/mol. The Morgan fingerprint density at radius 2 is 1.26 bits per heavy atom. The Morgan fingerprint density at radius 3 is 2.00 bits per heavy atom. The van der Waals surface area contributed by atoms with Gasteiger partial charge in [0, 0.05) is 4.47 Å². The third-order valence-corrected chi connectivity index (χ3v) is 3.85. The van der Waals surface area contributed by atoms with Gasteiger partial charge in [-0.3, -0.25) is 0 Å². The van der Waals surface area contributed by atoms with Crippen molar-refractivity contribution in [3.63, 3.8) is 0 Å². The van der Waals surface area contributed by atoms with E-state index in [-0.39, 0.29) is 11.5 Å². The first-order valence-electron chi connectivity index (χ1n) is 5.87. The fourth-order valence-corrected chi connectivity index (χ4v) is 2.79. The maximum atomic E-state index is 10.0. The minimum Gasteiger partial charge on any atom is -0.507 e. The Bertz CT molecular complexity index is 746. The first-order chi connectivity index (χ1) is 9.18. The van der Waals surface area contributed by atoms with Gasteiger partial charge in [-0.15, -0.1) is 0 Å². The van der Waals surface area contributed by atoms with Gasteiger partial charge in [-0.1, -0.05) is 52.3 Å². The number of fused-ring (bicyclic) bond motifs is 1. The molecule has 3 heteroatoms. The van der Waals surface area contributed by atoms with Crippen LogP contribution in [0, 0.1) is 0 Å². The van der Waals surface area contributed by atoms with Gasteiger partial charge in [0.1, 0.15) is 11.5 Å². The van der Waals surface area contributed by atoms with Crippen LogP contribution in [-0.2, 0) is 0 Å².